The summed E-state index contributed by atoms with van der Waals surface area (Å²) in [4.78, 5) is 36.4. The topological polar surface area (TPSA) is 109 Å². The number of nitrogens with zero attached hydrogens (tertiary/aromatic N) is 1. The number of hydrogen-bond acceptors (Lipinski definition) is 4. The summed E-state index contributed by atoms with van der Waals surface area (Å²) in [5.41, 5.74) is -1.66. The van der Waals surface area contributed by atoms with Gasteiger partial charge in [0.15, 0.2) is 0 Å². The second kappa shape index (κ2) is 3.46. The van der Waals surface area contributed by atoms with Crippen molar-refractivity contribution in [1.82, 2.24) is 9.97 Å². The number of benzene rings is 1. The maximum Gasteiger partial charge on any atom is 0.326 e. The zero-order valence-corrected chi connectivity index (χ0v) is 8.37. The van der Waals surface area contributed by atoms with Gasteiger partial charge in [-0.05, 0) is 6.07 Å². The lowest BCUT2D eigenvalue weighted by molar-refractivity contribution is -0.384. The van der Waals surface area contributed by atoms with E-state index >= 15 is 0 Å². The first-order valence-corrected chi connectivity index (χ1v) is 4.47. The molecule has 0 unspecified atom stereocenters. The smallest absolute Gasteiger partial charge is 0.307 e. The van der Waals surface area contributed by atoms with E-state index in [9.17, 15) is 19.7 Å². The minimum Gasteiger partial charge on any atom is -0.307 e. The molecule has 1 aromatic heterocycles. The van der Waals surface area contributed by atoms with Gasteiger partial charge in [-0.3, -0.25) is 19.9 Å². The van der Waals surface area contributed by atoms with E-state index in [0.29, 0.717) is 0 Å². The monoisotopic (exact) mass is 241 g/mol. The van der Waals surface area contributed by atoms with Gasteiger partial charge in [-0.15, -0.1) is 0 Å². The molecule has 0 aliphatic heterocycles. The van der Waals surface area contributed by atoms with Gasteiger partial charge in [0.2, 0.25) is 0 Å². The number of H-pyrrole nitrogens is 2. The first-order valence-electron chi connectivity index (χ1n) is 4.09. The molecule has 0 fully saturated rings. The predicted molar refractivity (Wildman–Crippen MR) is 56.9 cm³/mol. The van der Waals surface area contributed by atoms with Crippen molar-refractivity contribution in [2.24, 2.45) is 0 Å². The highest BCUT2D eigenvalue weighted by Gasteiger charge is 2.15. The molecule has 2 N–H and O–H groups in total. The van der Waals surface area contributed by atoms with Crippen LogP contribution in [0, 0.1) is 10.1 Å². The van der Waals surface area contributed by atoms with E-state index in [2.05, 4.69) is 4.98 Å². The first-order chi connectivity index (χ1) is 7.49. The number of fused-ring (bicyclic) bond motifs is 1. The van der Waals surface area contributed by atoms with Crippen LogP contribution in [0.25, 0.3) is 10.9 Å². The molecule has 0 amide bonds. The molecule has 2 rings (SSSR count). The zero-order chi connectivity index (χ0) is 11.9. The minimum atomic E-state index is -0.728. The van der Waals surface area contributed by atoms with E-state index in [1.54, 1.807) is 0 Å². The van der Waals surface area contributed by atoms with E-state index in [4.69, 9.17) is 11.6 Å². The predicted octanol–water partition coefficient (Wildman–Crippen LogP) is 0.778. The average molecular weight is 242 g/mol. The lowest BCUT2D eigenvalue weighted by Gasteiger charge is -1.98. The van der Waals surface area contributed by atoms with Gasteiger partial charge in [0.25, 0.3) is 11.2 Å². The van der Waals surface area contributed by atoms with Gasteiger partial charge in [0, 0.05) is 6.07 Å². The van der Waals surface area contributed by atoms with Gasteiger partial charge in [0.05, 0.1) is 15.8 Å². The SMILES string of the molecule is O=c1[nH]c(=O)c2cc(Cl)c([N+](=O)[O-])cc2[nH]1. The summed E-state index contributed by atoms with van der Waals surface area (Å²) in [6.45, 7) is 0. The van der Waals surface area contributed by atoms with Crippen LogP contribution >= 0.6 is 11.6 Å². The Kier molecular flexibility index (Phi) is 2.24. The van der Waals surface area contributed by atoms with Gasteiger partial charge in [-0.25, -0.2) is 4.79 Å². The first kappa shape index (κ1) is 10.4. The molecule has 2 aromatic rings. The van der Waals surface area contributed by atoms with Crippen LogP contribution in [0.3, 0.4) is 0 Å². The highest BCUT2D eigenvalue weighted by molar-refractivity contribution is 6.33. The summed E-state index contributed by atoms with van der Waals surface area (Å²) >= 11 is 5.62. The van der Waals surface area contributed by atoms with E-state index in [-0.39, 0.29) is 21.6 Å². The molecule has 82 valence electrons. The Morgan fingerprint density at radius 3 is 2.56 bits per heavy atom. The summed E-state index contributed by atoms with van der Waals surface area (Å²) in [6, 6.07) is 2.19. The van der Waals surface area contributed by atoms with Crippen molar-refractivity contribution in [3.05, 3.63) is 48.1 Å². The number of hydrogen-bond donors (Lipinski definition) is 2. The molecule has 8 heteroatoms. The van der Waals surface area contributed by atoms with Gasteiger partial charge in [-0.2, -0.15) is 0 Å². The highest BCUT2D eigenvalue weighted by Crippen LogP contribution is 2.26. The Labute approximate surface area is 91.8 Å². The Balaban J connectivity index is 2.95. The molecule has 1 heterocycles. The third-order valence-electron chi connectivity index (χ3n) is 2.00. The van der Waals surface area contributed by atoms with Gasteiger partial charge >= 0.3 is 5.69 Å². The van der Waals surface area contributed by atoms with Crippen LogP contribution in [-0.2, 0) is 0 Å². The fourth-order valence-corrected chi connectivity index (χ4v) is 1.55. The molecular weight excluding hydrogens is 238 g/mol. The number of nitro groups is 1. The molecule has 0 saturated heterocycles. The summed E-state index contributed by atoms with van der Waals surface area (Å²) < 4.78 is 0. The van der Waals surface area contributed by atoms with E-state index < -0.39 is 16.2 Å². The number of halogens is 1. The van der Waals surface area contributed by atoms with Crippen LogP contribution in [0.4, 0.5) is 5.69 Å². The van der Waals surface area contributed by atoms with Crippen LogP contribution in [0.2, 0.25) is 5.02 Å². The lowest BCUT2D eigenvalue weighted by Crippen LogP contribution is -2.21. The number of nitro benzene ring substituents is 1. The van der Waals surface area contributed by atoms with Crippen LogP contribution in [0.5, 0.6) is 0 Å². The van der Waals surface area contributed by atoms with Crippen molar-refractivity contribution in [3.63, 3.8) is 0 Å². The average Bonchev–Trinajstić information content (AvgIpc) is 2.18. The van der Waals surface area contributed by atoms with Gasteiger partial charge in [0.1, 0.15) is 5.02 Å². The number of nitrogens with one attached hydrogen (secondary N) is 2. The second-order valence-electron chi connectivity index (χ2n) is 3.01. The quantitative estimate of drug-likeness (QED) is 0.568. The maximum absolute atomic E-state index is 11.3. The molecule has 0 atom stereocenters. The maximum atomic E-state index is 11.3. The van der Waals surface area contributed by atoms with Crippen molar-refractivity contribution in [1.29, 1.82) is 0 Å². The molecule has 0 spiro atoms. The van der Waals surface area contributed by atoms with Gasteiger partial charge in [-0.1, -0.05) is 11.6 Å². The molecule has 0 aliphatic carbocycles. The number of aromatic amines is 2. The second-order valence-corrected chi connectivity index (χ2v) is 3.42. The summed E-state index contributed by atoms with van der Waals surface area (Å²) in [5.74, 6) is 0. The van der Waals surface area contributed by atoms with Gasteiger partial charge < -0.3 is 4.98 Å². The van der Waals surface area contributed by atoms with E-state index in [1.807, 2.05) is 4.98 Å². The van der Waals surface area contributed by atoms with Crippen LogP contribution in [-0.4, -0.2) is 14.9 Å². The van der Waals surface area contributed by atoms with Crippen molar-refractivity contribution >= 4 is 28.2 Å². The van der Waals surface area contributed by atoms with Crippen molar-refractivity contribution in [2.75, 3.05) is 0 Å². The lowest BCUT2D eigenvalue weighted by atomic mass is 10.2. The molecule has 0 bridgehead atoms. The summed E-state index contributed by atoms with van der Waals surface area (Å²) in [7, 11) is 0. The molecule has 16 heavy (non-hydrogen) atoms. The van der Waals surface area contributed by atoms with Crippen LogP contribution in [0.15, 0.2) is 21.7 Å². The van der Waals surface area contributed by atoms with E-state index in [1.165, 1.54) is 0 Å². The fraction of sp³-hybridized carbons (Fsp3) is 0. The molecule has 7 nitrogen and oxygen atoms in total. The minimum absolute atomic E-state index is 0.0739. The van der Waals surface area contributed by atoms with Crippen LogP contribution < -0.4 is 11.2 Å². The van der Waals surface area contributed by atoms with E-state index in [0.717, 1.165) is 12.1 Å². The zero-order valence-electron chi connectivity index (χ0n) is 7.61. The summed E-state index contributed by atoms with van der Waals surface area (Å²) in [6.07, 6.45) is 0. The molecule has 1 aromatic carbocycles. The Bertz CT molecular complexity index is 702. The Hall–Kier alpha value is -2.15. The third-order valence-corrected chi connectivity index (χ3v) is 2.31. The third kappa shape index (κ3) is 1.57. The van der Waals surface area contributed by atoms with Crippen molar-refractivity contribution in [2.45, 2.75) is 0 Å². The number of rotatable bonds is 1. The fourth-order valence-electron chi connectivity index (χ4n) is 1.32. The van der Waals surface area contributed by atoms with Crippen molar-refractivity contribution in [3.8, 4) is 0 Å². The largest absolute Gasteiger partial charge is 0.326 e. The summed E-state index contributed by atoms with van der Waals surface area (Å²) in [5, 5.41) is 10.5. The number of aromatic nitrogens is 2. The molecule has 0 aliphatic rings. The van der Waals surface area contributed by atoms with Crippen molar-refractivity contribution < 1.29 is 4.92 Å². The molecule has 0 saturated carbocycles. The normalized spacial score (nSPS) is 10.6. The standard InChI is InChI=1S/C8H4ClN3O4/c9-4-1-3-5(2-6(4)12(15)16)10-8(14)11-7(3)13/h1-2H,(H2,10,11,13,14). The Morgan fingerprint density at radius 1 is 1.25 bits per heavy atom. The molecular formula is C8H4ClN3O4. The molecule has 0 radical (unpaired) electrons. The Morgan fingerprint density at radius 2 is 1.94 bits per heavy atom. The van der Waals surface area contributed by atoms with Crippen LogP contribution in [0.1, 0.15) is 0 Å². The highest BCUT2D eigenvalue weighted by atomic mass is 35.5.